The highest BCUT2D eigenvalue weighted by molar-refractivity contribution is 5.72. The second-order valence-corrected chi connectivity index (χ2v) is 6.77. The van der Waals surface area contributed by atoms with Crippen LogP contribution >= 0.6 is 0 Å². The van der Waals surface area contributed by atoms with Gasteiger partial charge in [0.2, 0.25) is 5.56 Å². The van der Waals surface area contributed by atoms with Crippen molar-refractivity contribution in [2.75, 3.05) is 43.9 Å². The lowest BCUT2D eigenvalue weighted by Crippen LogP contribution is -2.58. The molecule has 2 N–H and O–H groups in total. The summed E-state index contributed by atoms with van der Waals surface area (Å²) in [6.45, 7) is 2.36. The van der Waals surface area contributed by atoms with E-state index in [1.165, 1.54) is 11.0 Å². The summed E-state index contributed by atoms with van der Waals surface area (Å²) in [6, 6.07) is 3.10. The molecule has 27 heavy (non-hydrogen) atoms. The molecule has 1 saturated heterocycles. The summed E-state index contributed by atoms with van der Waals surface area (Å²) in [4.78, 5) is 21.9. The highest BCUT2D eigenvalue weighted by Gasteiger charge is 2.46. The molecule has 6 nitrogen and oxygen atoms in total. The second kappa shape index (κ2) is 7.22. The van der Waals surface area contributed by atoms with Crippen LogP contribution in [0.2, 0.25) is 0 Å². The van der Waals surface area contributed by atoms with Crippen LogP contribution in [-0.2, 0) is 0 Å². The standard InChI is InChI=1S/C18H22F3N5O/c1-11-9-23-15(22-2)8-13(11)12-6-16(24-17(27)7-12)26-5-4-25(3)10-14(26)18(19,20)21/h6-9,14H,4-5,10H2,1-3H3,(H,22,23)(H,24,27). The van der Waals surface area contributed by atoms with Crippen LogP contribution in [0.3, 0.4) is 0 Å². The molecule has 0 bridgehead atoms. The van der Waals surface area contributed by atoms with Crippen molar-refractivity contribution in [3.63, 3.8) is 0 Å². The van der Waals surface area contributed by atoms with E-state index in [0.29, 0.717) is 17.9 Å². The molecular weight excluding hydrogens is 359 g/mol. The number of likely N-dealkylation sites (N-methyl/N-ethyl adjacent to an activating group) is 1. The van der Waals surface area contributed by atoms with Gasteiger partial charge in [-0.25, -0.2) is 4.98 Å². The molecule has 0 spiro atoms. The Morgan fingerprint density at radius 1 is 1.26 bits per heavy atom. The van der Waals surface area contributed by atoms with Gasteiger partial charge in [0.1, 0.15) is 17.7 Å². The molecule has 0 aliphatic carbocycles. The van der Waals surface area contributed by atoms with Crippen LogP contribution in [0.15, 0.2) is 29.2 Å². The van der Waals surface area contributed by atoms with Crippen LogP contribution in [0.25, 0.3) is 11.1 Å². The molecule has 1 fully saturated rings. The first kappa shape index (κ1) is 19.2. The molecular formula is C18H22F3N5O. The van der Waals surface area contributed by atoms with Crippen LogP contribution < -0.4 is 15.8 Å². The number of hydrogen-bond acceptors (Lipinski definition) is 5. The maximum Gasteiger partial charge on any atom is 0.410 e. The number of aromatic amines is 1. The molecule has 1 unspecified atom stereocenters. The summed E-state index contributed by atoms with van der Waals surface area (Å²) in [5, 5.41) is 2.93. The Bertz CT molecular complexity index is 880. The number of aromatic nitrogens is 2. The Labute approximate surface area is 155 Å². The zero-order chi connectivity index (χ0) is 19.8. The topological polar surface area (TPSA) is 64.3 Å². The second-order valence-electron chi connectivity index (χ2n) is 6.77. The molecule has 2 aromatic rings. The predicted octanol–water partition coefficient (Wildman–Crippen LogP) is 2.47. The summed E-state index contributed by atoms with van der Waals surface area (Å²) < 4.78 is 40.7. The number of pyridine rings is 2. The van der Waals surface area contributed by atoms with Crippen LogP contribution in [0.4, 0.5) is 24.8 Å². The van der Waals surface area contributed by atoms with Crippen molar-refractivity contribution < 1.29 is 13.2 Å². The van der Waals surface area contributed by atoms with Gasteiger partial charge in [-0.15, -0.1) is 0 Å². The average Bonchev–Trinajstić information content (AvgIpc) is 2.60. The third-order valence-corrected chi connectivity index (χ3v) is 4.77. The van der Waals surface area contributed by atoms with E-state index in [9.17, 15) is 18.0 Å². The summed E-state index contributed by atoms with van der Waals surface area (Å²) in [6.07, 6.45) is -2.73. The zero-order valence-electron chi connectivity index (χ0n) is 15.4. The van der Waals surface area contributed by atoms with Crippen molar-refractivity contribution in [3.8, 4) is 11.1 Å². The molecule has 3 rings (SSSR count). The Morgan fingerprint density at radius 3 is 2.67 bits per heavy atom. The van der Waals surface area contributed by atoms with Gasteiger partial charge in [0.15, 0.2) is 0 Å². The number of anilines is 2. The van der Waals surface area contributed by atoms with Gasteiger partial charge in [-0.1, -0.05) is 0 Å². The van der Waals surface area contributed by atoms with Gasteiger partial charge in [0.25, 0.3) is 0 Å². The highest BCUT2D eigenvalue weighted by Crippen LogP contribution is 2.32. The number of aryl methyl sites for hydroxylation is 1. The van der Waals surface area contributed by atoms with Crippen LogP contribution in [0.5, 0.6) is 0 Å². The molecule has 3 heterocycles. The summed E-state index contributed by atoms with van der Waals surface area (Å²) in [7, 11) is 3.39. The van der Waals surface area contributed by atoms with E-state index in [1.807, 2.05) is 6.92 Å². The molecule has 1 atom stereocenters. The van der Waals surface area contributed by atoms with Gasteiger partial charge in [-0.3, -0.25) is 4.79 Å². The van der Waals surface area contributed by atoms with E-state index < -0.39 is 17.8 Å². The molecule has 0 amide bonds. The van der Waals surface area contributed by atoms with Gasteiger partial charge < -0.3 is 20.1 Å². The lowest BCUT2D eigenvalue weighted by Gasteiger charge is -2.41. The summed E-state index contributed by atoms with van der Waals surface area (Å²) in [5.41, 5.74) is 1.70. The van der Waals surface area contributed by atoms with E-state index in [0.717, 1.165) is 11.1 Å². The first-order chi connectivity index (χ1) is 12.7. The minimum atomic E-state index is -4.40. The van der Waals surface area contributed by atoms with Gasteiger partial charge in [0.05, 0.1) is 0 Å². The van der Waals surface area contributed by atoms with E-state index in [1.54, 1.807) is 37.3 Å². The number of piperazine rings is 1. The summed E-state index contributed by atoms with van der Waals surface area (Å²) >= 11 is 0. The molecule has 9 heteroatoms. The number of alkyl halides is 3. The van der Waals surface area contributed by atoms with Crippen LogP contribution in [-0.4, -0.2) is 60.8 Å². The fraction of sp³-hybridized carbons (Fsp3) is 0.444. The fourth-order valence-electron chi connectivity index (χ4n) is 3.30. The molecule has 1 aliphatic rings. The Hall–Kier alpha value is -2.55. The van der Waals surface area contributed by atoms with E-state index in [2.05, 4.69) is 15.3 Å². The van der Waals surface area contributed by atoms with Crippen molar-refractivity contribution in [1.82, 2.24) is 14.9 Å². The minimum Gasteiger partial charge on any atom is -0.373 e. The maximum absolute atomic E-state index is 13.6. The lowest BCUT2D eigenvalue weighted by atomic mass is 10.0. The molecule has 0 saturated carbocycles. The first-order valence-corrected chi connectivity index (χ1v) is 8.60. The highest BCUT2D eigenvalue weighted by atomic mass is 19.4. The molecule has 146 valence electrons. The third-order valence-electron chi connectivity index (χ3n) is 4.77. The smallest absolute Gasteiger partial charge is 0.373 e. The quantitative estimate of drug-likeness (QED) is 0.855. The van der Waals surface area contributed by atoms with Crippen molar-refractivity contribution in [3.05, 3.63) is 40.3 Å². The van der Waals surface area contributed by atoms with Crippen molar-refractivity contribution in [1.29, 1.82) is 0 Å². The van der Waals surface area contributed by atoms with Crippen molar-refractivity contribution >= 4 is 11.6 Å². The predicted molar refractivity (Wildman–Crippen MR) is 99.3 cm³/mol. The Balaban J connectivity index is 2.07. The number of nitrogens with one attached hydrogen (secondary N) is 2. The summed E-state index contributed by atoms with van der Waals surface area (Å²) in [5.74, 6) is 0.792. The SMILES string of the molecule is CNc1cc(-c2cc(N3CCN(C)CC3C(F)(F)F)[nH]c(=O)c2)c(C)cn1. The van der Waals surface area contributed by atoms with E-state index in [-0.39, 0.29) is 18.9 Å². The first-order valence-electron chi connectivity index (χ1n) is 8.60. The largest absolute Gasteiger partial charge is 0.410 e. The Morgan fingerprint density at radius 2 is 2.00 bits per heavy atom. The maximum atomic E-state index is 13.6. The minimum absolute atomic E-state index is 0.145. The third kappa shape index (κ3) is 4.08. The van der Waals surface area contributed by atoms with Crippen LogP contribution in [0.1, 0.15) is 5.56 Å². The number of rotatable bonds is 3. The van der Waals surface area contributed by atoms with Gasteiger partial charge in [-0.05, 0) is 42.8 Å². The number of H-pyrrole nitrogens is 1. The molecule has 2 aromatic heterocycles. The van der Waals surface area contributed by atoms with Crippen molar-refractivity contribution in [2.24, 2.45) is 0 Å². The monoisotopic (exact) mass is 381 g/mol. The van der Waals surface area contributed by atoms with Gasteiger partial charge >= 0.3 is 6.18 Å². The van der Waals surface area contributed by atoms with Gasteiger partial charge in [-0.2, -0.15) is 13.2 Å². The zero-order valence-corrected chi connectivity index (χ0v) is 15.4. The fourth-order valence-corrected chi connectivity index (χ4v) is 3.30. The van der Waals surface area contributed by atoms with Gasteiger partial charge in [0, 0.05) is 38.9 Å². The van der Waals surface area contributed by atoms with Crippen LogP contribution in [0, 0.1) is 6.92 Å². The normalized spacial score (nSPS) is 18.6. The lowest BCUT2D eigenvalue weighted by molar-refractivity contribution is -0.155. The average molecular weight is 381 g/mol. The number of halogens is 3. The van der Waals surface area contributed by atoms with E-state index in [4.69, 9.17) is 0 Å². The number of hydrogen-bond donors (Lipinski definition) is 2. The molecule has 0 aromatic carbocycles. The van der Waals surface area contributed by atoms with E-state index >= 15 is 0 Å². The number of nitrogens with zero attached hydrogens (tertiary/aromatic N) is 3. The van der Waals surface area contributed by atoms with Crippen molar-refractivity contribution in [2.45, 2.75) is 19.1 Å². The Kier molecular flexibility index (Phi) is 5.14. The molecule has 1 aliphatic heterocycles. The molecule has 0 radical (unpaired) electrons.